The molecule has 1 aromatic carbocycles. The first-order valence-electron chi connectivity index (χ1n) is 6.43. The smallest absolute Gasteiger partial charge is 0.254 e. The molecule has 1 aliphatic rings. The van der Waals surface area contributed by atoms with E-state index >= 15 is 0 Å². The fourth-order valence-corrected chi connectivity index (χ4v) is 2.89. The van der Waals surface area contributed by atoms with E-state index in [1.54, 1.807) is 11.0 Å². The van der Waals surface area contributed by atoms with Gasteiger partial charge in [0.15, 0.2) is 0 Å². The molecule has 0 saturated carbocycles. The summed E-state index contributed by atoms with van der Waals surface area (Å²) in [6, 6.07) is 3.61. The van der Waals surface area contributed by atoms with Crippen molar-refractivity contribution in [1.29, 1.82) is 0 Å². The van der Waals surface area contributed by atoms with Gasteiger partial charge in [-0.05, 0) is 37.0 Å². The van der Waals surface area contributed by atoms with Gasteiger partial charge in [0.25, 0.3) is 5.91 Å². The number of aliphatic hydroxyl groups excluding tert-OH is 1. The van der Waals surface area contributed by atoms with Gasteiger partial charge in [-0.25, -0.2) is 0 Å². The normalized spacial score (nSPS) is 23.5. The number of nitrogens with two attached hydrogens (primary N) is 1. The van der Waals surface area contributed by atoms with Gasteiger partial charge >= 0.3 is 0 Å². The Labute approximate surface area is 121 Å². The average Bonchev–Trinajstić information content (AvgIpc) is 2.36. The molecule has 1 aliphatic heterocycles. The van der Waals surface area contributed by atoms with Gasteiger partial charge in [-0.2, -0.15) is 0 Å². The number of hydrogen-bond donors (Lipinski definition) is 2. The number of aliphatic hydroxyl groups is 1. The van der Waals surface area contributed by atoms with E-state index in [9.17, 15) is 9.90 Å². The third-order valence-electron chi connectivity index (χ3n) is 3.79. The molecular weight excluding hydrogens is 308 g/mol. The van der Waals surface area contributed by atoms with E-state index in [2.05, 4.69) is 15.9 Å². The van der Waals surface area contributed by atoms with Crippen molar-refractivity contribution in [2.45, 2.75) is 26.4 Å². The predicted octanol–water partition coefficient (Wildman–Crippen LogP) is 2.18. The average molecular weight is 327 g/mol. The molecule has 1 amide bonds. The molecule has 5 heteroatoms. The quantitative estimate of drug-likeness (QED) is 0.777. The topological polar surface area (TPSA) is 66.6 Å². The maximum Gasteiger partial charge on any atom is 0.254 e. The van der Waals surface area contributed by atoms with E-state index < -0.39 is 0 Å². The number of carbonyl (C=O) groups is 1. The lowest BCUT2D eigenvalue weighted by Gasteiger charge is -2.34. The molecule has 1 aromatic rings. The highest BCUT2D eigenvalue weighted by Gasteiger charge is 2.28. The Bertz CT molecular complexity index is 504. The second-order valence-corrected chi connectivity index (χ2v) is 6.17. The Morgan fingerprint density at radius 3 is 2.84 bits per heavy atom. The van der Waals surface area contributed by atoms with Crippen LogP contribution in [0.3, 0.4) is 0 Å². The van der Waals surface area contributed by atoms with Crippen LogP contribution in [0.15, 0.2) is 16.6 Å². The summed E-state index contributed by atoms with van der Waals surface area (Å²) in [4.78, 5) is 14.3. The van der Waals surface area contributed by atoms with Crippen molar-refractivity contribution in [2.24, 2.45) is 5.92 Å². The van der Waals surface area contributed by atoms with Crippen molar-refractivity contribution in [3.63, 3.8) is 0 Å². The van der Waals surface area contributed by atoms with Crippen LogP contribution in [0.4, 0.5) is 5.69 Å². The van der Waals surface area contributed by atoms with Crippen LogP contribution in [0, 0.1) is 12.8 Å². The van der Waals surface area contributed by atoms with Crippen molar-refractivity contribution < 1.29 is 9.90 Å². The second kappa shape index (κ2) is 5.51. The molecular formula is C14H19BrN2O2. The Kier molecular flexibility index (Phi) is 4.16. The van der Waals surface area contributed by atoms with Crippen molar-refractivity contribution in [2.75, 3.05) is 18.8 Å². The highest BCUT2D eigenvalue weighted by atomic mass is 79.9. The van der Waals surface area contributed by atoms with Crippen LogP contribution >= 0.6 is 15.9 Å². The Balaban J connectivity index is 2.25. The summed E-state index contributed by atoms with van der Waals surface area (Å²) in [5.74, 6) is 0.103. The number of piperidine rings is 1. The van der Waals surface area contributed by atoms with E-state index in [0.717, 1.165) is 10.0 Å². The lowest BCUT2D eigenvalue weighted by molar-refractivity contribution is 0.0297. The van der Waals surface area contributed by atoms with Gasteiger partial charge in [-0.3, -0.25) is 4.79 Å². The number of rotatable bonds is 1. The van der Waals surface area contributed by atoms with Gasteiger partial charge < -0.3 is 15.7 Å². The number of halogens is 1. The molecule has 0 aliphatic carbocycles. The minimum Gasteiger partial charge on any atom is -0.398 e. The number of hydrogen-bond acceptors (Lipinski definition) is 3. The minimum absolute atomic E-state index is 0.00995. The molecule has 1 fully saturated rings. The summed E-state index contributed by atoms with van der Waals surface area (Å²) >= 11 is 3.37. The molecule has 0 bridgehead atoms. The lowest BCUT2D eigenvalue weighted by Crippen LogP contribution is -2.45. The molecule has 2 atom stereocenters. The summed E-state index contributed by atoms with van der Waals surface area (Å²) in [7, 11) is 0. The fraction of sp³-hybridized carbons (Fsp3) is 0.500. The van der Waals surface area contributed by atoms with E-state index in [1.807, 2.05) is 19.9 Å². The molecule has 2 unspecified atom stereocenters. The van der Waals surface area contributed by atoms with Gasteiger partial charge in [-0.1, -0.05) is 22.9 Å². The van der Waals surface area contributed by atoms with Crippen LogP contribution < -0.4 is 5.73 Å². The zero-order chi connectivity index (χ0) is 14.2. The minimum atomic E-state index is -0.308. The zero-order valence-corrected chi connectivity index (χ0v) is 12.8. The van der Waals surface area contributed by atoms with Crippen molar-refractivity contribution >= 4 is 27.5 Å². The monoisotopic (exact) mass is 326 g/mol. The fourth-order valence-electron chi connectivity index (χ4n) is 2.41. The Morgan fingerprint density at radius 2 is 2.21 bits per heavy atom. The van der Waals surface area contributed by atoms with Crippen LogP contribution in [-0.2, 0) is 0 Å². The second-order valence-electron chi connectivity index (χ2n) is 5.25. The number of likely N-dealkylation sites (tertiary alicyclic amines) is 1. The molecule has 1 saturated heterocycles. The van der Waals surface area contributed by atoms with Crippen LogP contribution in [0.5, 0.6) is 0 Å². The third kappa shape index (κ3) is 2.92. The number of carbonyl (C=O) groups excluding carboxylic acids is 1. The summed E-state index contributed by atoms with van der Waals surface area (Å²) in [6.45, 7) is 5.01. The summed E-state index contributed by atoms with van der Waals surface area (Å²) in [6.07, 6.45) is 0.327. The first-order valence-corrected chi connectivity index (χ1v) is 7.22. The van der Waals surface area contributed by atoms with Gasteiger partial charge in [0.1, 0.15) is 0 Å². The lowest BCUT2D eigenvalue weighted by atomic mass is 9.95. The molecule has 2 rings (SSSR count). The maximum atomic E-state index is 12.5. The number of nitrogens with zero attached hydrogens (tertiary/aromatic N) is 1. The molecule has 3 N–H and O–H groups in total. The van der Waals surface area contributed by atoms with E-state index in [1.165, 1.54) is 0 Å². The van der Waals surface area contributed by atoms with Crippen LogP contribution in [0.25, 0.3) is 0 Å². The number of amides is 1. The van der Waals surface area contributed by atoms with Crippen molar-refractivity contribution in [1.82, 2.24) is 4.90 Å². The first-order chi connectivity index (χ1) is 8.90. The van der Waals surface area contributed by atoms with Crippen molar-refractivity contribution in [3.8, 4) is 0 Å². The molecule has 0 radical (unpaired) electrons. The van der Waals surface area contributed by atoms with Crippen LogP contribution in [0.2, 0.25) is 0 Å². The Morgan fingerprint density at radius 1 is 1.53 bits per heavy atom. The zero-order valence-electron chi connectivity index (χ0n) is 11.2. The SMILES string of the molecule is Cc1c(N)cc(Br)cc1C(=O)N1CCC(O)C(C)C1. The first kappa shape index (κ1) is 14.3. The highest BCUT2D eigenvalue weighted by molar-refractivity contribution is 9.10. The van der Waals surface area contributed by atoms with Crippen molar-refractivity contribution in [3.05, 3.63) is 27.7 Å². The third-order valence-corrected chi connectivity index (χ3v) is 4.25. The molecule has 4 nitrogen and oxygen atoms in total. The predicted molar refractivity (Wildman–Crippen MR) is 79.0 cm³/mol. The van der Waals surface area contributed by atoms with E-state index in [4.69, 9.17) is 5.73 Å². The molecule has 104 valence electrons. The summed E-state index contributed by atoms with van der Waals surface area (Å²) < 4.78 is 0.809. The molecule has 0 spiro atoms. The van der Waals surface area contributed by atoms with E-state index in [0.29, 0.717) is 30.8 Å². The van der Waals surface area contributed by atoms with Gasteiger partial charge in [0.05, 0.1) is 6.10 Å². The number of nitrogen functional groups attached to an aromatic ring is 1. The number of anilines is 1. The standard InChI is InChI=1S/C14H19BrN2O2/c1-8-7-17(4-3-13(8)18)14(19)11-5-10(15)6-12(16)9(11)2/h5-6,8,13,18H,3-4,7,16H2,1-2H3. The largest absolute Gasteiger partial charge is 0.398 e. The highest BCUT2D eigenvalue weighted by Crippen LogP contribution is 2.26. The molecule has 1 heterocycles. The van der Waals surface area contributed by atoms with Crippen LogP contribution in [-0.4, -0.2) is 35.1 Å². The molecule has 19 heavy (non-hydrogen) atoms. The van der Waals surface area contributed by atoms with Crippen LogP contribution in [0.1, 0.15) is 29.3 Å². The summed E-state index contributed by atoms with van der Waals surface area (Å²) in [5.41, 5.74) is 7.96. The number of benzene rings is 1. The van der Waals surface area contributed by atoms with Gasteiger partial charge in [0, 0.05) is 28.8 Å². The summed E-state index contributed by atoms with van der Waals surface area (Å²) in [5, 5.41) is 9.73. The Hall–Kier alpha value is -1.07. The maximum absolute atomic E-state index is 12.5. The van der Waals surface area contributed by atoms with E-state index in [-0.39, 0.29) is 17.9 Å². The van der Waals surface area contributed by atoms with Gasteiger partial charge in [-0.15, -0.1) is 0 Å². The van der Waals surface area contributed by atoms with Gasteiger partial charge in [0.2, 0.25) is 0 Å². The molecule has 0 aromatic heterocycles.